The molecule has 6 heteroatoms. The standard InChI is InChI=1S/C12H13N5O/c1-7(6-15-14)9-4-3-8-5-10(11(13)18)17(2)12(8)16-9/h3-6H,1,14H2,2H3,(H2,13,18)/b15-6-. The van der Waals surface area contributed by atoms with Crippen LogP contribution < -0.4 is 11.6 Å². The van der Waals surface area contributed by atoms with E-state index in [1.807, 2.05) is 6.07 Å². The molecule has 0 unspecified atom stereocenters. The number of amides is 1. The average Bonchev–Trinajstić information content (AvgIpc) is 2.67. The van der Waals surface area contributed by atoms with Crippen LogP contribution in [0.3, 0.4) is 0 Å². The lowest BCUT2D eigenvalue weighted by atomic mass is 10.2. The fourth-order valence-electron chi connectivity index (χ4n) is 1.77. The molecule has 2 aromatic rings. The van der Waals surface area contributed by atoms with Gasteiger partial charge >= 0.3 is 0 Å². The summed E-state index contributed by atoms with van der Waals surface area (Å²) in [6.07, 6.45) is 1.42. The fraction of sp³-hybridized carbons (Fsp3) is 0.0833. The van der Waals surface area contributed by atoms with Crippen LogP contribution in [0.25, 0.3) is 16.6 Å². The Kier molecular flexibility index (Phi) is 2.85. The Morgan fingerprint density at radius 1 is 1.56 bits per heavy atom. The Hall–Kier alpha value is -2.63. The number of carbonyl (C=O) groups excluding carboxylic acids is 1. The maximum atomic E-state index is 11.2. The Bertz CT molecular complexity index is 668. The summed E-state index contributed by atoms with van der Waals surface area (Å²) < 4.78 is 1.65. The van der Waals surface area contributed by atoms with Crippen molar-refractivity contribution < 1.29 is 4.79 Å². The number of aryl methyl sites for hydroxylation is 1. The lowest BCUT2D eigenvalue weighted by molar-refractivity contribution is 0.0993. The first-order valence-electron chi connectivity index (χ1n) is 5.23. The van der Waals surface area contributed by atoms with Gasteiger partial charge in [-0.15, -0.1) is 0 Å². The number of nitrogens with zero attached hydrogens (tertiary/aromatic N) is 3. The monoisotopic (exact) mass is 243 g/mol. The van der Waals surface area contributed by atoms with Gasteiger partial charge in [0, 0.05) is 18.0 Å². The van der Waals surface area contributed by atoms with E-state index in [1.54, 1.807) is 23.7 Å². The molecule has 92 valence electrons. The van der Waals surface area contributed by atoms with Crippen molar-refractivity contribution in [1.82, 2.24) is 9.55 Å². The van der Waals surface area contributed by atoms with Crippen molar-refractivity contribution >= 4 is 28.7 Å². The summed E-state index contributed by atoms with van der Waals surface area (Å²) in [4.78, 5) is 15.6. The Balaban J connectivity index is 2.61. The molecule has 0 aromatic carbocycles. The number of aromatic nitrogens is 2. The molecule has 0 aliphatic rings. The lowest BCUT2D eigenvalue weighted by Gasteiger charge is -2.02. The first kappa shape index (κ1) is 11.8. The van der Waals surface area contributed by atoms with Gasteiger partial charge in [0.25, 0.3) is 5.91 Å². The number of pyridine rings is 1. The third-order valence-electron chi connectivity index (χ3n) is 2.69. The van der Waals surface area contributed by atoms with E-state index in [9.17, 15) is 4.79 Å². The van der Waals surface area contributed by atoms with Crippen LogP contribution in [0.4, 0.5) is 0 Å². The predicted octanol–water partition coefficient (Wildman–Crippen LogP) is 0.630. The van der Waals surface area contributed by atoms with Crippen LogP contribution in [0.5, 0.6) is 0 Å². The molecule has 0 spiro atoms. The average molecular weight is 243 g/mol. The van der Waals surface area contributed by atoms with Crippen LogP contribution in [-0.2, 0) is 7.05 Å². The Morgan fingerprint density at radius 2 is 2.28 bits per heavy atom. The predicted molar refractivity (Wildman–Crippen MR) is 70.9 cm³/mol. The first-order valence-corrected chi connectivity index (χ1v) is 5.23. The molecule has 1 amide bonds. The highest BCUT2D eigenvalue weighted by Crippen LogP contribution is 2.19. The van der Waals surface area contributed by atoms with Crippen molar-refractivity contribution in [3.8, 4) is 0 Å². The second-order valence-corrected chi connectivity index (χ2v) is 3.87. The van der Waals surface area contributed by atoms with Crippen molar-refractivity contribution in [2.75, 3.05) is 0 Å². The molecule has 0 radical (unpaired) electrons. The topological polar surface area (TPSA) is 99.3 Å². The summed E-state index contributed by atoms with van der Waals surface area (Å²) >= 11 is 0. The summed E-state index contributed by atoms with van der Waals surface area (Å²) in [6.45, 7) is 3.80. The third kappa shape index (κ3) is 1.84. The molecule has 0 atom stereocenters. The van der Waals surface area contributed by atoms with Gasteiger partial charge in [-0.1, -0.05) is 6.58 Å². The first-order chi connectivity index (χ1) is 8.54. The molecule has 0 saturated heterocycles. The summed E-state index contributed by atoms with van der Waals surface area (Å²) in [5, 5.41) is 4.24. The number of fused-ring (bicyclic) bond motifs is 1. The maximum absolute atomic E-state index is 11.2. The van der Waals surface area contributed by atoms with Crippen LogP contribution in [0.2, 0.25) is 0 Å². The molecular weight excluding hydrogens is 230 g/mol. The number of hydrazone groups is 1. The van der Waals surface area contributed by atoms with Crippen molar-refractivity contribution in [2.45, 2.75) is 0 Å². The molecule has 2 rings (SSSR count). The van der Waals surface area contributed by atoms with E-state index in [0.29, 0.717) is 22.6 Å². The van der Waals surface area contributed by atoms with Gasteiger partial charge < -0.3 is 16.1 Å². The number of rotatable bonds is 3. The highest BCUT2D eigenvalue weighted by atomic mass is 16.1. The molecule has 2 heterocycles. The van der Waals surface area contributed by atoms with E-state index in [-0.39, 0.29) is 0 Å². The lowest BCUT2D eigenvalue weighted by Crippen LogP contribution is -2.15. The summed E-state index contributed by atoms with van der Waals surface area (Å²) in [7, 11) is 1.74. The van der Waals surface area contributed by atoms with E-state index in [2.05, 4.69) is 16.7 Å². The van der Waals surface area contributed by atoms with Crippen molar-refractivity contribution in [3.05, 3.63) is 36.2 Å². The van der Waals surface area contributed by atoms with Crippen LogP contribution in [0.1, 0.15) is 16.2 Å². The van der Waals surface area contributed by atoms with Crippen LogP contribution >= 0.6 is 0 Å². The summed E-state index contributed by atoms with van der Waals surface area (Å²) in [6, 6.07) is 5.34. The molecule has 0 fully saturated rings. The van der Waals surface area contributed by atoms with Crippen LogP contribution in [0.15, 0.2) is 29.9 Å². The minimum Gasteiger partial charge on any atom is -0.364 e. The number of nitrogens with two attached hydrogens (primary N) is 2. The number of primary amides is 1. The second kappa shape index (κ2) is 4.33. The zero-order chi connectivity index (χ0) is 13.3. The van der Waals surface area contributed by atoms with E-state index < -0.39 is 5.91 Å². The van der Waals surface area contributed by atoms with Crippen molar-refractivity contribution in [3.63, 3.8) is 0 Å². The van der Waals surface area contributed by atoms with Gasteiger partial charge in [0.15, 0.2) is 0 Å². The molecular formula is C12H13N5O. The summed E-state index contributed by atoms with van der Waals surface area (Å²) in [5.41, 5.74) is 7.60. The van der Waals surface area contributed by atoms with Gasteiger partial charge in [-0.3, -0.25) is 4.79 Å². The Labute approximate surface area is 104 Å². The van der Waals surface area contributed by atoms with Gasteiger partial charge in [0.2, 0.25) is 0 Å². The SMILES string of the molecule is C=C(/C=N\N)c1ccc2cc(C(N)=O)n(C)c2n1. The zero-order valence-electron chi connectivity index (χ0n) is 9.92. The third-order valence-corrected chi connectivity index (χ3v) is 2.69. The second-order valence-electron chi connectivity index (χ2n) is 3.87. The molecule has 18 heavy (non-hydrogen) atoms. The van der Waals surface area contributed by atoms with Gasteiger partial charge in [-0.05, 0) is 18.2 Å². The largest absolute Gasteiger partial charge is 0.364 e. The zero-order valence-corrected chi connectivity index (χ0v) is 9.92. The molecule has 0 aliphatic carbocycles. The number of hydrogen-bond donors (Lipinski definition) is 2. The molecule has 0 aliphatic heterocycles. The van der Waals surface area contributed by atoms with Gasteiger partial charge in [-0.25, -0.2) is 4.98 Å². The molecule has 2 aromatic heterocycles. The van der Waals surface area contributed by atoms with Crippen LogP contribution in [-0.4, -0.2) is 21.7 Å². The Morgan fingerprint density at radius 3 is 2.89 bits per heavy atom. The molecule has 4 N–H and O–H groups in total. The smallest absolute Gasteiger partial charge is 0.265 e. The van der Waals surface area contributed by atoms with Crippen LogP contribution in [0, 0.1) is 0 Å². The minimum absolute atomic E-state index is 0.410. The molecule has 0 saturated carbocycles. The van der Waals surface area contributed by atoms with Gasteiger partial charge in [-0.2, -0.15) is 5.10 Å². The van der Waals surface area contributed by atoms with Crippen molar-refractivity contribution in [2.24, 2.45) is 23.7 Å². The fourth-order valence-corrected chi connectivity index (χ4v) is 1.77. The van der Waals surface area contributed by atoms with Gasteiger partial charge in [0.05, 0.1) is 11.9 Å². The summed E-state index contributed by atoms with van der Waals surface area (Å²) in [5.74, 6) is 4.58. The number of allylic oxidation sites excluding steroid dienone is 1. The number of hydrogen-bond acceptors (Lipinski definition) is 4. The minimum atomic E-state index is -0.487. The highest BCUT2D eigenvalue weighted by molar-refractivity contribution is 6.08. The van der Waals surface area contributed by atoms with Crippen molar-refractivity contribution in [1.29, 1.82) is 0 Å². The quantitative estimate of drug-likeness (QED) is 0.469. The van der Waals surface area contributed by atoms with E-state index in [1.165, 1.54) is 6.21 Å². The van der Waals surface area contributed by atoms with E-state index >= 15 is 0 Å². The molecule has 0 bridgehead atoms. The van der Waals surface area contributed by atoms with Gasteiger partial charge in [0.1, 0.15) is 11.3 Å². The molecule has 6 nitrogen and oxygen atoms in total. The normalized spacial score (nSPS) is 11.2. The van der Waals surface area contributed by atoms with E-state index in [0.717, 1.165) is 5.39 Å². The van der Waals surface area contributed by atoms with E-state index in [4.69, 9.17) is 11.6 Å². The number of carbonyl (C=O) groups is 1. The highest BCUT2D eigenvalue weighted by Gasteiger charge is 2.12. The maximum Gasteiger partial charge on any atom is 0.265 e.